The van der Waals surface area contributed by atoms with E-state index >= 15 is 0 Å². The molecule has 172 valence electrons. The number of rotatable bonds is 2. The minimum Gasteiger partial charge on any atom is -0.436 e. The third-order valence-corrected chi connectivity index (χ3v) is 6.88. The second-order valence-electron chi connectivity index (χ2n) is 6.59. The molecule has 15 heteroatoms. The fourth-order valence-corrected chi connectivity index (χ4v) is 6.19. The summed E-state index contributed by atoms with van der Waals surface area (Å²) in [7, 11) is 0. The molecule has 0 saturated carbocycles. The van der Waals surface area contributed by atoms with Gasteiger partial charge in [-0.1, -0.05) is 0 Å². The minimum absolute atomic E-state index is 0.130. The lowest BCUT2D eigenvalue weighted by atomic mass is 9.94. The van der Waals surface area contributed by atoms with E-state index in [1.165, 1.54) is 58.6 Å². The Bertz CT molecular complexity index is 1190. The molecule has 32 heavy (non-hydrogen) atoms. The summed E-state index contributed by atoms with van der Waals surface area (Å²) in [6.45, 7) is 2.40. The summed E-state index contributed by atoms with van der Waals surface area (Å²) in [5.41, 5.74) is -3.18. The van der Waals surface area contributed by atoms with Crippen LogP contribution in [-0.2, 0) is 0 Å². The quantitative estimate of drug-likeness (QED) is 0.109. The molecule has 1 aliphatic heterocycles. The third-order valence-electron chi connectivity index (χ3n) is 4.65. The zero-order valence-corrected chi connectivity index (χ0v) is 19.9. The number of hydrogen-bond donors (Lipinski definition) is 0. The van der Waals surface area contributed by atoms with Crippen molar-refractivity contribution in [1.82, 2.24) is 0 Å². The van der Waals surface area contributed by atoms with E-state index in [9.17, 15) is 43.9 Å². The molecular formula is C17H7BF10I2N2. The van der Waals surface area contributed by atoms with Crippen LogP contribution >= 0.6 is 44.7 Å². The average molecular weight is 694 g/mol. The Morgan fingerprint density at radius 2 is 0.969 bits per heavy atom. The summed E-state index contributed by atoms with van der Waals surface area (Å²) >= 11 is 2.76. The highest BCUT2D eigenvalue weighted by Gasteiger charge is 2.49. The lowest BCUT2D eigenvalue weighted by molar-refractivity contribution is -0.290. The summed E-state index contributed by atoms with van der Waals surface area (Å²) in [4.78, 5) is 0.544. The van der Waals surface area contributed by atoms with Crippen LogP contribution in [0.4, 0.5) is 55.3 Å². The molecule has 1 heterocycles. The fourth-order valence-electron chi connectivity index (χ4n) is 3.32. The van der Waals surface area contributed by atoms with Crippen molar-refractivity contribution in [2.24, 2.45) is 0 Å². The number of halogens is 12. The standard InChI is InChI=1S/C17H7BF10I2N2/c1-4-3-5(2)32(17-14(27)10(23)7(20)11(24)15(17)28)18(29,30)31(4)16-12(25)8(21)6(19)9(22)13(16)26/h3H,1-2H3. The van der Waals surface area contributed by atoms with Gasteiger partial charge in [0.25, 0.3) is 0 Å². The highest BCUT2D eigenvalue weighted by Crippen LogP contribution is 2.46. The van der Waals surface area contributed by atoms with Gasteiger partial charge in [0.15, 0.2) is 23.3 Å². The van der Waals surface area contributed by atoms with Gasteiger partial charge in [-0.15, -0.1) is 0 Å². The molecule has 0 aliphatic carbocycles. The Hall–Kier alpha value is -1.53. The van der Waals surface area contributed by atoms with Crippen molar-refractivity contribution in [1.29, 1.82) is 0 Å². The molecule has 0 bridgehead atoms. The van der Waals surface area contributed by atoms with E-state index in [2.05, 4.69) is 0 Å². The molecule has 2 aromatic rings. The minimum atomic E-state index is -3.04. The Morgan fingerprint density at radius 1 is 0.625 bits per heavy atom. The van der Waals surface area contributed by atoms with Crippen LogP contribution < -0.4 is 4.81 Å². The number of hydrogen-bond acceptors (Lipinski definition) is 1. The smallest absolute Gasteiger partial charge is 0.436 e. The van der Waals surface area contributed by atoms with Crippen molar-refractivity contribution in [2.75, 3.05) is 4.81 Å². The van der Waals surface area contributed by atoms with Crippen LogP contribution in [0.3, 0.4) is 0 Å². The van der Waals surface area contributed by atoms with Crippen LogP contribution in [0.5, 0.6) is 0 Å². The van der Waals surface area contributed by atoms with Crippen LogP contribution in [0.2, 0.25) is 0 Å². The zero-order valence-electron chi connectivity index (χ0n) is 15.6. The lowest BCUT2D eigenvalue weighted by Crippen LogP contribution is -2.55. The van der Waals surface area contributed by atoms with E-state index in [-0.39, 0.29) is 11.4 Å². The zero-order chi connectivity index (χ0) is 24.4. The Labute approximate surface area is 200 Å². The first kappa shape index (κ1) is 25.1. The maximum atomic E-state index is 14.5. The number of benzene rings is 2. The van der Waals surface area contributed by atoms with Crippen molar-refractivity contribution in [3.63, 3.8) is 0 Å². The first-order chi connectivity index (χ1) is 14.7. The molecule has 0 amide bonds. The van der Waals surface area contributed by atoms with E-state index in [0.717, 1.165) is 6.08 Å². The first-order valence-corrected chi connectivity index (χ1v) is 10.8. The largest absolute Gasteiger partial charge is 0.490 e. The predicted octanol–water partition coefficient (Wildman–Crippen LogP) is 6.91. The summed E-state index contributed by atoms with van der Waals surface area (Å²) in [6, 6.07) is 0. The number of nitrogens with zero attached hydrogens (tertiary/aromatic N) is 2. The Balaban J connectivity index is 2.41. The number of allylic oxidation sites excluding steroid dienone is 2. The van der Waals surface area contributed by atoms with Crippen LogP contribution in [0, 0.1) is 58.2 Å². The van der Waals surface area contributed by atoms with Crippen LogP contribution in [0.1, 0.15) is 13.8 Å². The highest BCUT2D eigenvalue weighted by molar-refractivity contribution is 14.3. The van der Waals surface area contributed by atoms with Gasteiger partial charge >= 0.3 is 2.13 Å². The topological polar surface area (TPSA) is 6.25 Å². The second-order valence-corrected chi connectivity index (χ2v) is 12.4. The molecule has 0 unspecified atom stereocenters. The summed E-state index contributed by atoms with van der Waals surface area (Å²) < 4.78 is 138. The molecular weight excluding hydrogens is 687 g/mol. The molecule has 0 N–H and O–H groups in total. The highest BCUT2D eigenvalue weighted by atomic mass is 127. The second kappa shape index (κ2) is 8.36. The van der Waals surface area contributed by atoms with Gasteiger partial charge in [0.2, 0.25) is 40.6 Å². The van der Waals surface area contributed by atoms with Crippen molar-refractivity contribution in [3.05, 3.63) is 69.9 Å². The molecule has 2 aromatic carbocycles. The van der Waals surface area contributed by atoms with E-state index in [1.54, 1.807) is 0 Å². The average Bonchev–Trinajstić information content (AvgIpc) is 2.72. The predicted molar refractivity (Wildman–Crippen MR) is 113 cm³/mol. The lowest BCUT2D eigenvalue weighted by Gasteiger charge is -2.45. The normalized spacial score (nSPS) is 16.1. The number of anilines is 1. The maximum absolute atomic E-state index is 14.5. The van der Waals surface area contributed by atoms with Crippen molar-refractivity contribution in [3.8, 4) is 0 Å². The summed E-state index contributed by atoms with van der Waals surface area (Å²) in [6.07, 6.45) is 1.02. The fraction of sp³-hybridized carbons (Fsp3) is 0.118. The monoisotopic (exact) mass is 694 g/mol. The molecule has 0 radical (unpaired) electrons. The van der Waals surface area contributed by atoms with Gasteiger partial charge in [-0.2, -0.15) is 8.78 Å². The van der Waals surface area contributed by atoms with Crippen LogP contribution in [0.15, 0.2) is 11.8 Å². The van der Waals surface area contributed by atoms with Crippen LogP contribution in [-0.4, -0.2) is 12.3 Å². The third kappa shape index (κ3) is 3.49. The van der Waals surface area contributed by atoms with Gasteiger partial charge in [-0.05, 0) is 12.6 Å². The van der Waals surface area contributed by atoms with Gasteiger partial charge in [0, 0.05) is 13.0 Å². The van der Waals surface area contributed by atoms with Crippen molar-refractivity contribution >= 4 is 64.0 Å². The molecule has 0 aromatic heterocycles. The van der Waals surface area contributed by atoms with Gasteiger partial charge in [0.05, 0.1) is 5.69 Å². The van der Waals surface area contributed by atoms with E-state index in [0.29, 0.717) is 9.30 Å². The molecule has 0 fully saturated rings. The van der Waals surface area contributed by atoms with Crippen molar-refractivity contribution < 1.29 is 48.4 Å². The van der Waals surface area contributed by atoms with Crippen molar-refractivity contribution in [2.45, 2.75) is 13.8 Å². The van der Waals surface area contributed by atoms with Gasteiger partial charge in [-0.25, -0.2) is 79.9 Å². The maximum Gasteiger partial charge on any atom is 0.490 e. The Kier molecular flexibility index (Phi) is 6.56. The molecule has 0 atom stereocenters. The van der Waals surface area contributed by atoms with Gasteiger partial charge in [-0.3, -0.25) is 0 Å². The molecule has 0 spiro atoms. The molecule has 2 nitrogen and oxygen atoms in total. The van der Waals surface area contributed by atoms with Gasteiger partial charge < -0.3 is 9.30 Å². The van der Waals surface area contributed by atoms with E-state index < -0.39 is 71.7 Å². The SMILES string of the molecule is CC1=CC(C)=[N+](c2c(F)c(F)c(F)c(F)c2F)[B-](I)(I)N1c1c(F)c(F)c(F)c(F)c1F. The summed E-state index contributed by atoms with van der Waals surface area (Å²) in [5.74, 6) is -22.9. The molecule has 0 saturated heterocycles. The molecule has 3 rings (SSSR count). The van der Waals surface area contributed by atoms with E-state index in [4.69, 9.17) is 0 Å². The van der Waals surface area contributed by atoms with Crippen LogP contribution in [0.25, 0.3) is 0 Å². The van der Waals surface area contributed by atoms with E-state index in [1.807, 2.05) is 0 Å². The first-order valence-electron chi connectivity index (χ1n) is 8.31. The Morgan fingerprint density at radius 3 is 1.38 bits per heavy atom. The van der Waals surface area contributed by atoms with Gasteiger partial charge in [0.1, 0.15) is 5.71 Å². The summed E-state index contributed by atoms with van der Waals surface area (Å²) in [5, 5.41) is 0. The molecule has 1 aliphatic rings.